The average molecular weight is 363 g/mol. The second kappa shape index (κ2) is 7.00. The highest BCUT2D eigenvalue weighted by atomic mass is 35.5. The lowest BCUT2D eigenvalue weighted by atomic mass is 10.1. The third kappa shape index (κ3) is 3.52. The topological polar surface area (TPSA) is 91.1 Å². The van der Waals surface area contributed by atoms with Gasteiger partial charge in [0, 0.05) is 28.4 Å². The van der Waals surface area contributed by atoms with Gasteiger partial charge in [0.25, 0.3) is 5.91 Å². The van der Waals surface area contributed by atoms with Gasteiger partial charge in [-0.1, -0.05) is 11.6 Å². The van der Waals surface area contributed by atoms with Crippen molar-refractivity contribution >= 4 is 23.3 Å². The highest BCUT2D eigenvalue weighted by Gasteiger charge is 2.23. The van der Waals surface area contributed by atoms with Gasteiger partial charge in [0.1, 0.15) is 0 Å². The number of hydrogen-bond donors (Lipinski definition) is 1. The molecule has 1 heterocycles. The minimum Gasteiger partial charge on any atom is -0.490 e. The molecule has 0 unspecified atom stereocenters. The molecule has 0 fully saturated rings. The summed E-state index contributed by atoms with van der Waals surface area (Å²) in [6.45, 7) is 2.17. The summed E-state index contributed by atoms with van der Waals surface area (Å²) < 4.78 is 15.7. The van der Waals surface area contributed by atoms with E-state index in [2.05, 4.69) is 0 Å². The summed E-state index contributed by atoms with van der Waals surface area (Å²) in [7, 11) is 0. The Hall–Kier alpha value is -2.77. The first-order valence-electron chi connectivity index (χ1n) is 7.45. The molecule has 2 aliphatic rings. The van der Waals surface area contributed by atoms with Gasteiger partial charge in [0.05, 0.1) is 6.61 Å². The summed E-state index contributed by atoms with van der Waals surface area (Å²) in [5.74, 6) is 6.00. The van der Waals surface area contributed by atoms with Crippen molar-refractivity contribution in [2.75, 3.05) is 13.4 Å². The van der Waals surface area contributed by atoms with E-state index in [9.17, 15) is 9.59 Å². The lowest BCUT2D eigenvalue weighted by molar-refractivity contribution is -0.115. The first-order chi connectivity index (χ1) is 12.0. The van der Waals surface area contributed by atoms with Crippen LogP contribution in [-0.2, 0) is 9.53 Å². The third-order valence-electron chi connectivity index (χ3n) is 3.48. The van der Waals surface area contributed by atoms with Crippen LogP contribution in [-0.4, -0.2) is 30.1 Å². The largest absolute Gasteiger partial charge is 0.490 e. The summed E-state index contributed by atoms with van der Waals surface area (Å²) in [5.41, 5.74) is 0.440. The Bertz CT molecular complexity index is 828. The van der Waals surface area contributed by atoms with E-state index in [4.69, 9.17) is 31.7 Å². The summed E-state index contributed by atoms with van der Waals surface area (Å²) in [6, 6.07) is 4.71. The van der Waals surface area contributed by atoms with Gasteiger partial charge in [-0.25, -0.2) is 5.84 Å². The van der Waals surface area contributed by atoms with Crippen molar-refractivity contribution < 1.29 is 23.8 Å². The van der Waals surface area contributed by atoms with Gasteiger partial charge < -0.3 is 14.2 Å². The number of ether oxygens (including phenoxy) is 3. The van der Waals surface area contributed by atoms with Gasteiger partial charge in [-0.05, 0) is 31.2 Å². The summed E-state index contributed by atoms with van der Waals surface area (Å²) in [6.07, 6.45) is 4.05. The number of nitrogens with two attached hydrogens (primary N) is 1. The lowest BCUT2D eigenvalue weighted by Gasteiger charge is -2.16. The average Bonchev–Trinajstić information content (AvgIpc) is 3.06. The normalized spacial score (nSPS) is 17.2. The Balaban J connectivity index is 1.82. The number of benzene rings is 1. The van der Waals surface area contributed by atoms with E-state index in [0.717, 1.165) is 5.01 Å². The number of hydrogen-bond acceptors (Lipinski definition) is 6. The SMILES string of the molecule is CCOC1=CC(Cl)=CC(=CN(N)C(=O)c2ccc3c(c2)OCO3)C1=O. The van der Waals surface area contributed by atoms with Crippen molar-refractivity contribution in [1.82, 2.24) is 5.01 Å². The third-order valence-corrected chi connectivity index (χ3v) is 3.70. The molecule has 1 aromatic rings. The number of carbonyl (C=O) groups is 2. The predicted molar refractivity (Wildman–Crippen MR) is 89.7 cm³/mol. The molecule has 0 radical (unpaired) electrons. The van der Waals surface area contributed by atoms with Crippen molar-refractivity contribution in [1.29, 1.82) is 0 Å². The van der Waals surface area contributed by atoms with Crippen LogP contribution in [0.4, 0.5) is 0 Å². The fraction of sp³-hybridized carbons (Fsp3) is 0.176. The highest BCUT2D eigenvalue weighted by molar-refractivity contribution is 6.33. The van der Waals surface area contributed by atoms with E-state index in [1.54, 1.807) is 19.1 Å². The van der Waals surface area contributed by atoms with Crippen LogP contribution in [0, 0.1) is 0 Å². The molecule has 0 saturated heterocycles. The molecular formula is C17H15ClN2O5. The Kier molecular flexibility index (Phi) is 4.78. The number of halogens is 1. The fourth-order valence-electron chi connectivity index (χ4n) is 2.33. The Morgan fingerprint density at radius 3 is 2.88 bits per heavy atom. The second-order valence-corrected chi connectivity index (χ2v) is 5.60. The quantitative estimate of drug-likeness (QED) is 0.382. The minimum absolute atomic E-state index is 0.102. The standard InChI is InChI=1S/C17H15ClN2O5/c1-2-23-15-7-12(18)5-11(16(15)21)8-20(19)17(22)10-3-4-13-14(6-10)25-9-24-13/h3-8H,2,9,19H2,1H3. The maximum Gasteiger partial charge on any atom is 0.272 e. The molecule has 1 aliphatic heterocycles. The van der Waals surface area contributed by atoms with Gasteiger partial charge in [-0.2, -0.15) is 0 Å². The van der Waals surface area contributed by atoms with Gasteiger partial charge in [0.2, 0.25) is 12.6 Å². The van der Waals surface area contributed by atoms with Gasteiger partial charge >= 0.3 is 0 Å². The molecule has 3 rings (SSSR count). The molecule has 1 amide bonds. The molecule has 0 atom stereocenters. The molecule has 130 valence electrons. The monoisotopic (exact) mass is 362 g/mol. The van der Waals surface area contributed by atoms with Gasteiger partial charge in [-0.3, -0.25) is 14.6 Å². The van der Waals surface area contributed by atoms with Crippen molar-refractivity contribution in [3.05, 3.63) is 58.5 Å². The van der Waals surface area contributed by atoms with Crippen LogP contribution in [0.25, 0.3) is 0 Å². The molecule has 2 N–H and O–H groups in total. The van der Waals surface area contributed by atoms with Crippen molar-refractivity contribution in [2.45, 2.75) is 6.92 Å². The molecule has 1 aliphatic carbocycles. The predicted octanol–water partition coefficient (Wildman–Crippen LogP) is 2.24. The summed E-state index contributed by atoms with van der Waals surface area (Å²) in [5, 5.41) is 1.12. The number of rotatable bonds is 4. The number of amides is 1. The van der Waals surface area contributed by atoms with E-state index in [-0.39, 0.29) is 18.1 Å². The number of Topliss-reactive ketones (excluding diaryl/α,β-unsaturated/α-hetero) is 1. The number of nitrogens with zero attached hydrogens (tertiary/aromatic N) is 1. The van der Waals surface area contributed by atoms with Crippen LogP contribution in [0.5, 0.6) is 11.5 Å². The van der Waals surface area contributed by atoms with Crippen LogP contribution in [0.2, 0.25) is 0 Å². The summed E-state index contributed by atoms with van der Waals surface area (Å²) in [4.78, 5) is 24.8. The smallest absolute Gasteiger partial charge is 0.272 e. The maximum atomic E-state index is 12.5. The molecule has 0 aromatic heterocycles. The molecule has 0 spiro atoms. The molecule has 7 nitrogen and oxygen atoms in total. The Morgan fingerprint density at radius 1 is 1.36 bits per heavy atom. The first kappa shape index (κ1) is 17.1. The number of ketones is 1. The number of fused-ring (bicyclic) bond motifs is 1. The zero-order valence-electron chi connectivity index (χ0n) is 13.3. The molecule has 0 bridgehead atoms. The molecule has 1 aromatic carbocycles. The Labute approximate surface area is 148 Å². The minimum atomic E-state index is -0.518. The zero-order valence-corrected chi connectivity index (χ0v) is 14.1. The molecule has 25 heavy (non-hydrogen) atoms. The Morgan fingerprint density at radius 2 is 2.12 bits per heavy atom. The second-order valence-electron chi connectivity index (χ2n) is 5.16. The number of carbonyl (C=O) groups excluding carboxylic acids is 2. The zero-order chi connectivity index (χ0) is 18.0. The molecule has 8 heteroatoms. The summed E-state index contributed by atoms with van der Waals surface area (Å²) >= 11 is 5.99. The van der Waals surface area contributed by atoms with Crippen LogP contribution in [0.15, 0.2) is 52.9 Å². The fourth-order valence-corrected chi connectivity index (χ4v) is 2.55. The lowest BCUT2D eigenvalue weighted by Crippen LogP contribution is -2.33. The van der Waals surface area contributed by atoms with E-state index in [1.807, 2.05) is 0 Å². The van der Waals surface area contributed by atoms with Gasteiger partial charge in [-0.15, -0.1) is 0 Å². The van der Waals surface area contributed by atoms with Gasteiger partial charge in [0.15, 0.2) is 17.3 Å². The first-order valence-corrected chi connectivity index (χ1v) is 7.83. The van der Waals surface area contributed by atoms with E-state index in [1.165, 1.54) is 24.4 Å². The number of allylic oxidation sites excluding steroid dienone is 4. The highest BCUT2D eigenvalue weighted by Crippen LogP contribution is 2.32. The van der Waals surface area contributed by atoms with E-state index in [0.29, 0.717) is 28.7 Å². The van der Waals surface area contributed by atoms with Crippen LogP contribution >= 0.6 is 11.6 Å². The van der Waals surface area contributed by atoms with Crippen molar-refractivity contribution in [2.24, 2.45) is 5.84 Å². The van der Waals surface area contributed by atoms with Crippen LogP contribution in [0.3, 0.4) is 0 Å². The molecule has 0 saturated carbocycles. The maximum absolute atomic E-state index is 12.5. The van der Waals surface area contributed by atoms with Crippen LogP contribution in [0.1, 0.15) is 17.3 Å². The van der Waals surface area contributed by atoms with Crippen molar-refractivity contribution in [3.8, 4) is 11.5 Å². The van der Waals surface area contributed by atoms with E-state index < -0.39 is 11.7 Å². The van der Waals surface area contributed by atoms with Crippen molar-refractivity contribution in [3.63, 3.8) is 0 Å². The number of hydrazine groups is 1. The van der Waals surface area contributed by atoms with E-state index >= 15 is 0 Å². The molecular weight excluding hydrogens is 348 g/mol. The van der Waals surface area contributed by atoms with Crippen LogP contribution < -0.4 is 15.3 Å².